The van der Waals surface area contributed by atoms with Crippen LogP contribution in [0.15, 0.2) is 24.3 Å². The number of hydrogen-bond donors (Lipinski definition) is 2. The fourth-order valence-corrected chi connectivity index (χ4v) is 2.84. The summed E-state index contributed by atoms with van der Waals surface area (Å²) in [6, 6.07) is 8.11. The molecule has 116 valence electrons. The largest absolute Gasteiger partial charge is 0.382 e. The average Bonchev–Trinajstić information content (AvgIpc) is 2.77. The van der Waals surface area contributed by atoms with Crippen molar-refractivity contribution in [1.29, 1.82) is 0 Å². The first-order valence-corrected chi connectivity index (χ1v) is 7.58. The highest BCUT2D eigenvalue weighted by molar-refractivity contribution is 6.06. The van der Waals surface area contributed by atoms with E-state index in [-0.39, 0.29) is 5.41 Å². The van der Waals surface area contributed by atoms with Gasteiger partial charge in [0, 0.05) is 11.9 Å². The van der Waals surface area contributed by atoms with Crippen molar-refractivity contribution in [3.8, 4) is 0 Å². The molecule has 5 nitrogen and oxygen atoms in total. The van der Waals surface area contributed by atoms with Crippen molar-refractivity contribution in [3.05, 3.63) is 30.1 Å². The summed E-state index contributed by atoms with van der Waals surface area (Å²) in [6.45, 7) is 8.28. The van der Waals surface area contributed by atoms with Crippen molar-refractivity contribution in [1.82, 2.24) is 19.9 Å². The molecule has 3 N–H and O–H groups in total. The van der Waals surface area contributed by atoms with Crippen LogP contribution in [0.3, 0.4) is 0 Å². The van der Waals surface area contributed by atoms with Gasteiger partial charge >= 0.3 is 0 Å². The van der Waals surface area contributed by atoms with Gasteiger partial charge in [0.25, 0.3) is 0 Å². The van der Waals surface area contributed by atoms with Crippen molar-refractivity contribution < 1.29 is 0 Å². The van der Waals surface area contributed by atoms with Crippen LogP contribution in [-0.4, -0.2) is 21.6 Å². The van der Waals surface area contributed by atoms with Gasteiger partial charge in [-0.15, -0.1) is 0 Å². The van der Waals surface area contributed by atoms with Gasteiger partial charge in [0.1, 0.15) is 11.3 Å². The number of nitrogen functional groups attached to an aromatic ring is 1. The van der Waals surface area contributed by atoms with Crippen molar-refractivity contribution in [2.75, 3.05) is 12.8 Å². The molecule has 3 rings (SSSR count). The number of hydrogen-bond acceptors (Lipinski definition) is 4. The first-order valence-electron chi connectivity index (χ1n) is 7.58. The van der Waals surface area contributed by atoms with Gasteiger partial charge in [0.2, 0.25) is 0 Å². The third-order valence-corrected chi connectivity index (χ3v) is 3.66. The maximum atomic E-state index is 6.16. The second-order valence-corrected chi connectivity index (χ2v) is 6.92. The molecule has 0 atom stereocenters. The molecule has 2 aromatic heterocycles. The summed E-state index contributed by atoms with van der Waals surface area (Å²) in [5.41, 5.74) is 9.11. The summed E-state index contributed by atoms with van der Waals surface area (Å²) >= 11 is 0. The lowest BCUT2D eigenvalue weighted by Crippen LogP contribution is -2.20. The lowest BCUT2D eigenvalue weighted by atomic mass is 9.96. The molecule has 0 aliphatic rings. The number of imidazole rings is 1. The summed E-state index contributed by atoms with van der Waals surface area (Å²) in [6.07, 6.45) is 0. The number of anilines is 1. The Balaban J connectivity index is 2.39. The zero-order valence-electron chi connectivity index (χ0n) is 13.6. The Hall–Kier alpha value is -2.14. The molecule has 0 radical (unpaired) electrons. The second kappa shape index (κ2) is 5.25. The molecule has 0 unspecified atom stereocenters. The van der Waals surface area contributed by atoms with Crippen molar-refractivity contribution in [3.63, 3.8) is 0 Å². The maximum absolute atomic E-state index is 6.16. The molecule has 0 bridgehead atoms. The minimum Gasteiger partial charge on any atom is -0.382 e. The zero-order valence-corrected chi connectivity index (χ0v) is 13.6. The second-order valence-electron chi connectivity index (χ2n) is 6.92. The molecule has 0 aliphatic carbocycles. The van der Waals surface area contributed by atoms with Crippen molar-refractivity contribution >= 4 is 27.8 Å². The van der Waals surface area contributed by atoms with Crippen LogP contribution in [0.2, 0.25) is 0 Å². The number of aromatic nitrogens is 3. The Morgan fingerprint density at radius 2 is 1.91 bits per heavy atom. The minimum absolute atomic E-state index is 0.148. The van der Waals surface area contributed by atoms with E-state index in [2.05, 4.69) is 41.7 Å². The van der Waals surface area contributed by atoms with E-state index < -0.39 is 0 Å². The third kappa shape index (κ3) is 2.52. The molecular weight excluding hydrogens is 274 g/mol. The molecule has 5 heteroatoms. The molecule has 0 spiro atoms. The summed E-state index contributed by atoms with van der Waals surface area (Å²) < 4.78 is 2.28. The highest BCUT2D eigenvalue weighted by Crippen LogP contribution is 2.31. The molecule has 0 amide bonds. The average molecular weight is 297 g/mol. The van der Waals surface area contributed by atoms with Crippen LogP contribution in [0.5, 0.6) is 0 Å². The van der Waals surface area contributed by atoms with E-state index in [1.54, 1.807) is 0 Å². The van der Waals surface area contributed by atoms with Crippen LogP contribution in [0.25, 0.3) is 21.9 Å². The molecule has 0 fully saturated rings. The van der Waals surface area contributed by atoms with E-state index in [0.29, 0.717) is 12.4 Å². The predicted molar refractivity (Wildman–Crippen MR) is 91.7 cm³/mol. The van der Waals surface area contributed by atoms with Crippen LogP contribution in [0.1, 0.15) is 26.6 Å². The number of pyridine rings is 1. The van der Waals surface area contributed by atoms with Crippen LogP contribution in [-0.2, 0) is 13.1 Å². The van der Waals surface area contributed by atoms with Crippen LogP contribution in [0, 0.1) is 5.41 Å². The van der Waals surface area contributed by atoms with E-state index in [0.717, 1.165) is 34.3 Å². The number of nitrogens with two attached hydrogens (primary N) is 1. The first-order chi connectivity index (χ1) is 10.4. The SMILES string of the molecule is CNCc1nc2c(N)nc3ccccc3c2n1CC(C)(C)C. The third-order valence-electron chi connectivity index (χ3n) is 3.66. The number of benzene rings is 1. The van der Waals surface area contributed by atoms with Gasteiger partial charge in [0.15, 0.2) is 5.82 Å². The zero-order chi connectivity index (χ0) is 15.9. The van der Waals surface area contributed by atoms with Crippen LogP contribution >= 0.6 is 0 Å². The maximum Gasteiger partial charge on any atom is 0.152 e. The first kappa shape index (κ1) is 14.8. The normalized spacial score (nSPS) is 12.4. The predicted octanol–water partition coefficient (Wildman–Crippen LogP) is 2.93. The molecule has 1 aromatic carbocycles. The van der Waals surface area contributed by atoms with E-state index in [9.17, 15) is 0 Å². The molecule has 3 aromatic rings. The smallest absolute Gasteiger partial charge is 0.152 e. The number of rotatable bonds is 3. The Morgan fingerprint density at radius 3 is 2.59 bits per heavy atom. The summed E-state index contributed by atoms with van der Waals surface area (Å²) in [5, 5.41) is 4.30. The minimum atomic E-state index is 0.148. The van der Waals surface area contributed by atoms with Crippen molar-refractivity contribution in [2.24, 2.45) is 5.41 Å². The van der Waals surface area contributed by atoms with Gasteiger partial charge in [-0.3, -0.25) is 0 Å². The lowest BCUT2D eigenvalue weighted by molar-refractivity contribution is 0.342. The topological polar surface area (TPSA) is 68.8 Å². The van der Waals surface area contributed by atoms with E-state index >= 15 is 0 Å². The Morgan fingerprint density at radius 1 is 1.18 bits per heavy atom. The van der Waals surface area contributed by atoms with Gasteiger partial charge in [-0.1, -0.05) is 39.0 Å². The van der Waals surface area contributed by atoms with E-state index in [1.165, 1.54) is 0 Å². The summed E-state index contributed by atoms with van der Waals surface area (Å²) in [5.74, 6) is 1.50. The standard InChI is InChI=1S/C17H23N5/c1-17(2,3)10-22-13(9-19-4)21-14-15(22)11-7-5-6-8-12(11)20-16(14)18/h5-8,19H,9-10H2,1-4H3,(H2,18,20). The van der Waals surface area contributed by atoms with Gasteiger partial charge in [-0.2, -0.15) is 0 Å². The molecule has 0 aliphatic heterocycles. The van der Waals surface area contributed by atoms with Crippen LogP contribution < -0.4 is 11.1 Å². The number of nitrogens with zero attached hydrogens (tertiary/aromatic N) is 3. The molecule has 22 heavy (non-hydrogen) atoms. The van der Waals surface area contributed by atoms with E-state index in [4.69, 9.17) is 10.7 Å². The van der Waals surface area contributed by atoms with Crippen LogP contribution in [0.4, 0.5) is 5.82 Å². The summed E-state index contributed by atoms with van der Waals surface area (Å²) in [7, 11) is 1.93. The number of para-hydroxylation sites is 1. The van der Waals surface area contributed by atoms with Gasteiger partial charge < -0.3 is 15.6 Å². The Bertz CT molecular complexity index is 826. The fourth-order valence-electron chi connectivity index (χ4n) is 2.84. The Kier molecular flexibility index (Phi) is 3.53. The molecule has 0 saturated carbocycles. The molecule has 2 heterocycles. The van der Waals surface area contributed by atoms with Gasteiger partial charge in [-0.25, -0.2) is 9.97 Å². The lowest BCUT2D eigenvalue weighted by Gasteiger charge is -2.21. The summed E-state index contributed by atoms with van der Waals surface area (Å²) in [4.78, 5) is 9.25. The highest BCUT2D eigenvalue weighted by atomic mass is 15.1. The number of nitrogens with one attached hydrogen (secondary N) is 1. The monoisotopic (exact) mass is 297 g/mol. The van der Waals surface area contributed by atoms with E-state index in [1.807, 2.05) is 25.2 Å². The quantitative estimate of drug-likeness (QED) is 0.780. The Labute approximate surface area is 130 Å². The molecule has 0 saturated heterocycles. The highest BCUT2D eigenvalue weighted by Gasteiger charge is 2.20. The van der Waals surface area contributed by atoms with Crippen molar-refractivity contribution in [2.45, 2.75) is 33.9 Å². The fraction of sp³-hybridized carbons (Fsp3) is 0.412. The number of fused-ring (bicyclic) bond motifs is 3. The van der Waals surface area contributed by atoms with Gasteiger partial charge in [-0.05, 0) is 18.5 Å². The molecular formula is C17H23N5. The van der Waals surface area contributed by atoms with Gasteiger partial charge in [0.05, 0.1) is 17.6 Å².